The Morgan fingerprint density at radius 3 is 0.760 bits per heavy atom. The number of aliphatic hydroxyl groups is 1. The highest BCUT2D eigenvalue weighted by Crippen LogP contribution is 2.45. The van der Waals surface area contributed by atoms with Crippen LogP contribution >= 0.6 is 15.6 Å². The van der Waals surface area contributed by atoms with E-state index >= 15 is 0 Å². The van der Waals surface area contributed by atoms with Crippen LogP contribution in [0, 0.1) is 0 Å². The van der Waals surface area contributed by atoms with Crippen LogP contribution in [0.3, 0.4) is 0 Å². The van der Waals surface area contributed by atoms with Crippen LogP contribution in [0.5, 0.6) is 0 Å². The summed E-state index contributed by atoms with van der Waals surface area (Å²) in [6.45, 7) is 4.91. The Balaban J connectivity index is 5.24. The Labute approximate surface area is 586 Å². The van der Waals surface area contributed by atoms with Crippen molar-refractivity contribution in [2.24, 2.45) is 0 Å². The van der Waals surface area contributed by atoms with Crippen LogP contribution in [-0.4, -0.2) is 96.7 Å². The number of carbonyl (C=O) groups is 4. The van der Waals surface area contributed by atoms with E-state index in [0.29, 0.717) is 25.7 Å². The number of carbonyl (C=O) groups excluding carboxylic acids is 4. The topological polar surface area (TPSA) is 237 Å². The molecule has 0 aromatic carbocycles. The summed E-state index contributed by atoms with van der Waals surface area (Å²) in [6, 6.07) is 0. The first-order valence-corrected chi connectivity index (χ1v) is 42.6. The number of rotatable bonds is 76. The van der Waals surface area contributed by atoms with Crippen LogP contribution in [-0.2, 0) is 65.4 Å². The van der Waals surface area contributed by atoms with Crippen LogP contribution < -0.4 is 0 Å². The minimum atomic E-state index is -4.96. The van der Waals surface area contributed by atoms with Gasteiger partial charge in [-0.05, 0) is 51.4 Å². The van der Waals surface area contributed by atoms with Gasteiger partial charge in [-0.25, -0.2) is 9.13 Å². The Kier molecular flexibility index (Phi) is 69.1. The van der Waals surface area contributed by atoms with Gasteiger partial charge in [0, 0.05) is 25.7 Å². The highest BCUT2D eigenvalue weighted by atomic mass is 31.2. The zero-order chi connectivity index (χ0) is 70.4. The lowest BCUT2D eigenvalue weighted by molar-refractivity contribution is -0.161. The average molecular weight is 1410 g/mol. The van der Waals surface area contributed by atoms with E-state index in [2.05, 4.69) is 52.0 Å². The van der Waals surface area contributed by atoms with Gasteiger partial charge >= 0.3 is 39.5 Å². The van der Waals surface area contributed by atoms with Gasteiger partial charge in [-0.1, -0.05) is 335 Å². The minimum Gasteiger partial charge on any atom is -0.462 e. The molecule has 19 heteroatoms. The Morgan fingerprint density at radius 1 is 0.292 bits per heavy atom. The zero-order valence-electron chi connectivity index (χ0n) is 61.8. The summed E-state index contributed by atoms with van der Waals surface area (Å²) in [6.07, 6.45) is 64.6. The maximum atomic E-state index is 13.1. The lowest BCUT2D eigenvalue weighted by Gasteiger charge is -2.21. The summed E-state index contributed by atoms with van der Waals surface area (Å²) in [5.74, 6) is -2.14. The molecule has 0 aromatic rings. The second kappa shape index (κ2) is 71.0. The van der Waals surface area contributed by atoms with Crippen LogP contribution in [0.4, 0.5) is 0 Å². The minimum absolute atomic E-state index is 0.102. The zero-order valence-corrected chi connectivity index (χ0v) is 63.6. The first-order valence-electron chi connectivity index (χ1n) is 39.6. The fourth-order valence-corrected chi connectivity index (χ4v) is 13.0. The summed E-state index contributed by atoms with van der Waals surface area (Å²) in [5.41, 5.74) is 0. The molecule has 0 saturated carbocycles. The van der Waals surface area contributed by atoms with E-state index in [-0.39, 0.29) is 25.7 Å². The van der Waals surface area contributed by atoms with Crippen molar-refractivity contribution in [3.63, 3.8) is 0 Å². The number of phosphoric acid groups is 2. The Bertz CT molecular complexity index is 1920. The summed E-state index contributed by atoms with van der Waals surface area (Å²) in [7, 11) is -9.92. The van der Waals surface area contributed by atoms with Crippen molar-refractivity contribution in [3.8, 4) is 0 Å². The van der Waals surface area contributed by atoms with Gasteiger partial charge in [0.2, 0.25) is 0 Å². The molecule has 0 radical (unpaired) electrons. The van der Waals surface area contributed by atoms with Crippen molar-refractivity contribution >= 4 is 39.5 Å². The van der Waals surface area contributed by atoms with Gasteiger partial charge in [-0.15, -0.1) is 0 Å². The molecule has 5 atom stereocenters. The first-order chi connectivity index (χ1) is 46.7. The number of phosphoric ester groups is 2. The van der Waals surface area contributed by atoms with Crippen LogP contribution in [0.15, 0.2) is 24.3 Å². The molecule has 0 aliphatic rings. The number of unbranched alkanes of at least 4 members (excludes halogenated alkanes) is 47. The third-order valence-electron chi connectivity index (χ3n) is 17.5. The standard InChI is InChI=1S/C77H146O17P2/c1-5-9-13-17-21-25-28-31-33-34-35-36-37-39-41-44-48-52-56-60-64-77(82)94-73(68-88-75(80)62-58-54-50-46-43-40-38-32-29-26-22-18-14-10-6-2)70-92-96(85,86)90-66-71(78)65-89-95(83,84)91-69-72(67-87-74(79)61-57-53-49-45-24-20-16-12-8-4)93-76(81)63-59-55-51-47-42-30-27-23-19-15-11-7-3/h26,29,32,38,71-73,78H,5-25,27-28,30-31,33-37,39-70H2,1-4H3,(H,83,84)(H,85,86)/b29-26-,38-32-/t71-,72+,73+/m0/s1. The lowest BCUT2D eigenvalue weighted by atomic mass is 10.0. The van der Waals surface area contributed by atoms with Crippen LogP contribution in [0.1, 0.15) is 387 Å². The molecule has 0 fully saturated rings. The molecule has 0 saturated heterocycles. The second-order valence-electron chi connectivity index (χ2n) is 27.1. The summed E-state index contributed by atoms with van der Waals surface area (Å²) in [5, 5.41) is 10.6. The maximum absolute atomic E-state index is 13.1. The van der Waals surface area contributed by atoms with Gasteiger partial charge in [0.25, 0.3) is 0 Å². The van der Waals surface area contributed by atoms with Crippen molar-refractivity contribution in [2.75, 3.05) is 39.6 Å². The predicted octanol–water partition coefficient (Wildman–Crippen LogP) is 22.6. The van der Waals surface area contributed by atoms with Crippen LogP contribution in [0.25, 0.3) is 0 Å². The van der Waals surface area contributed by atoms with E-state index in [0.717, 1.165) is 109 Å². The monoisotopic (exact) mass is 1410 g/mol. The van der Waals surface area contributed by atoms with Gasteiger partial charge < -0.3 is 33.8 Å². The van der Waals surface area contributed by atoms with Gasteiger partial charge in [-0.3, -0.25) is 37.3 Å². The Hall–Kier alpha value is -2.46. The summed E-state index contributed by atoms with van der Waals surface area (Å²) < 4.78 is 68.5. The SMILES string of the molecule is CCCCCC/C=C\C=C/CCCCCCCC(=O)OC[C@H](COP(=O)(O)OC[C@@H](O)COP(=O)(O)OC[C@@H](COC(=O)CCCCCCCCCCC)OC(=O)CCCCCCCCCCCCCC)OC(=O)CCCCCCCCCCCCCCCCCCCCCC. The van der Waals surface area contributed by atoms with Gasteiger partial charge in [0.1, 0.15) is 19.3 Å². The molecule has 0 aromatic heterocycles. The molecule has 0 rings (SSSR count). The van der Waals surface area contributed by atoms with E-state index in [1.54, 1.807) is 0 Å². The van der Waals surface area contributed by atoms with Crippen LogP contribution in [0.2, 0.25) is 0 Å². The summed E-state index contributed by atoms with van der Waals surface area (Å²) in [4.78, 5) is 72.7. The molecule has 0 amide bonds. The third-order valence-corrected chi connectivity index (χ3v) is 19.4. The highest BCUT2D eigenvalue weighted by Gasteiger charge is 2.30. The smallest absolute Gasteiger partial charge is 0.462 e. The van der Waals surface area contributed by atoms with E-state index in [4.69, 9.17) is 37.0 Å². The van der Waals surface area contributed by atoms with E-state index in [9.17, 15) is 43.2 Å². The van der Waals surface area contributed by atoms with Crippen molar-refractivity contribution in [1.82, 2.24) is 0 Å². The van der Waals surface area contributed by atoms with Crippen molar-refractivity contribution < 1.29 is 80.2 Å². The van der Waals surface area contributed by atoms with E-state index in [1.165, 1.54) is 199 Å². The van der Waals surface area contributed by atoms with E-state index in [1.807, 2.05) is 0 Å². The normalized spacial score (nSPS) is 14.0. The molecule has 0 spiro atoms. The number of esters is 4. The molecule has 17 nitrogen and oxygen atoms in total. The van der Waals surface area contributed by atoms with Crippen molar-refractivity contribution in [2.45, 2.75) is 406 Å². The summed E-state index contributed by atoms with van der Waals surface area (Å²) >= 11 is 0. The number of hydrogen-bond acceptors (Lipinski definition) is 15. The molecule has 0 aliphatic heterocycles. The fourth-order valence-electron chi connectivity index (χ4n) is 11.4. The molecular formula is C77H146O17P2. The molecular weight excluding hydrogens is 1260 g/mol. The quantitative estimate of drug-likeness (QED) is 0.0169. The number of allylic oxidation sites excluding steroid dienone is 4. The highest BCUT2D eigenvalue weighted by molar-refractivity contribution is 7.47. The molecule has 0 aliphatic carbocycles. The van der Waals surface area contributed by atoms with Crippen molar-refractivity contribution in [1.29, 1.82) is 0 Å². The molecule has 3 N–H and O–H groups in total. The molecule has 96 heavy (non-hydrogen) atoms. The predicted molar refractivity (Wildman–Crippen MR) is 391 cm³/mol. The third kappa shape index (κ3) is 70.0. The number of ether oxygens (including phenoxy) is 4. The fraction of sp³-hybridized carbons (Fsp3) is 0.896. The Morgan fingerprint density at radius 2 is 0.500 bits per heavy atom. The van der Waals surface area contributed by atoms with Gasteiger partial charge in [0.05, 0.1) is 26.4 Å². The second-order valence-corrected chi connectivity index (χ2v) is 30.0. The average Bonchev–Trinajstić information content (AvgIpc) is 2.44. The molecule has 2 unspecified atom stereocenters. The number of hydrogen-bond donors (Lipinski definition) is 3. The van der Waals surface area contributed by atoms with Crippen molar-refractivity contribution in [3.05, 3.63) is 24.3 Å². The largest absolute Gasteiger partial charge is 0.472 e. The molecule has 0 bridgehead atoms. The molecule has 566 valence electrons. The van der Waals surface area contributed by atoms with E-state index < -0.39 is 97.5 Å². The lowest BCUT2D eigenvalue weighted by Crippen LogP contribution is -2.30. The maximum Gasteiger partial charge on any atom is 0.472 e. The van der Waals surface area contributed by atoms with Gasteiger partial charge in [-0.2, -0.15) is 0 Å². The van der Waals surface area contributed by atoms with Gasteiger partial charge in [0.15, 0.2) is 12.2 Å². The number of aliphatic hydroxyl groups excluding tert-OH is 1. The first kappa shape index (κ1) is 93.5. The molecule has 0 heterocycles.